The second-order valence-electron chi connectivity index (χ2n) is 4.12. The fourth-order valence-electron chi connectivity index (χ4n) is 1.92. The second kappa shape index (κ2) is 5.64. The van der Waals surface area contributed by atoms with Crippen molar-refractivity contribution in [2.75, 3.05) is 19.0 Å². The van der Waals surface area contributed by atoms with Gasteiger partial charge in [0.2, 0.25) is 0 Å². The summed E-state index contributed by atoms with van der Waals surface area (Å²) >= 11 is 0. The maximum atomic E-state index is 11.9. The van der Waals surface area contributed by atoms with Gasteiger partial charge in [0.25, 0.3) is 11.8 Å². The standard InChI is InChI=1S/C13H16N2O3/c1-14-12(16)9-5-2-3-6-10(9)15-13(17)11-7-4-8-18-11/h2-3,5-6,11H,4,7-8H2,1H3,(H,14,16)(H,15,17). The van der Waals surface area contributed by atoms with Crippen LogP contribution in [0.25, 0.3) is 0 Å². The van der Waals surface area contributed by atoms with Gasteiger partial charge in [0.1, 0.15) is 6.10 Å². The number of carbonyl (C=O) groups is 2. The summed E-state index contributed by atoms with van der Waals surface area (Å²) in [5.41, 5.74) is 0.962. The van der Waals surface area contributed by atoms with Gasteiger partial charge in [-0.2, -0.15) is 0 Å². The Morgan fingerprint density at radius 2 is 2.11 bits per heavy atom. The zero-order valence-corrected chi connectivity index (χ0v) is 10.2. The topological polar surface area (TPSA) is 67.4 Å². The Morgan fingerprint density at radius 1 is 1.33 bits per heavy atom. The van der Waals surface area contributed by atoms with E-state index in [-0.39, 0.29) is 11.8 Å². The highest BCUT2D eigenvalue weighted by Gasteiger charge is 2.24. The lowest BCUT2D eigenvalue weighted by Gasteiger charge is -2.13. The number of ether oxygens (including phenoxy) is 1. The molecule has 0 aromatic heterocycles. The monoisotopic (exact) mass is 248 g/mol. The predicted molar refractivity (Wildman–Crippen MR) is 67.4 cm³/mol. The number of para-hydroxylation sites is 1. The van der Waals surface area contributed by atoms with Crippen LogP contribution in [0.3, 0.4) is 0 Å². The number of benzene rings is 1. The van der Waals surface area contributed by atoms with E-state index in [9.17, 15) is 9.59 Å². The van der Waals surface area contributed by atoms with E-state index in [0.717, 1.165) is 12.8 Å². The van der Waals surface area contributed by atoms with E-state index in [4.69, 9.17) is 4.74 Å². The summed E-state index contributed by atoms with van der Waals surface area (Å²) in [5, 5.41) is 5.29. The third-order valence-corrected chi connectivity index (χ3v) is 2.88. The molecule has 5 nitrogen and oxygen atoms in total. The molecule has 5 heteroatoms. The molecule has 1 saturated heterocycles. The van der Waals surface area contributed by atoms with Crippen LogP contribution in [0.15, 0.2) is 24.3 Å². The van der Waals surface area contributed by atoms with Crippen LogP contribution in [-0.2, 0) is 9.53 Å². The van der Waals surface area contributed by atoms with E-state index < -0.39 is 6.10 Å². The number of hydrogen-bond donors (Lipinski definition) is 2. The molecule has 1 atom stereocenters. The molecule has 1 unspecified atom stereocenters. The van der Waals surface area contributed by atoms with Gasteiger partial charge in [-0.1, -0.05) is 12.1 Å². The molecule has 1 aliphatic heterocycles. The Morgan fingerprint density at radius 3 is 2.78 bits per heavy atom. The highest BCUT2D eigenvalue weighted by molar-refractivity contribution is 6.04. The van der Waals surface area contributed by atoms with E-state index in [1.807, 2.05) is 0 Å². The van der Waals surface area contributed by atoms with E-state index >= 15 is 0 Å². The van der Waals surface area contributed by atoms with E-state index in [1.165, 1.54) is 0 Å². The number of hydrogen-bond acceptors (Lipinski definition) is 3. The zero-order chi connectivity index (χ0) is 13.0. The number of rotatable bonds is 3. The Bertz CT molecular complexity index is 453. The summed E-state index contributed by atoms with van der Waals surface area (Å²) in [4.78, 5) is 23.6. The molecular formula is C13H16N2O3. The van der Waals surface area contributed by atoms with Crippen molar-refractivity contribution in [3.05, 3.63) is 29.8 Å². The van der Waals surface area contributed by atoms with Gasteiger partial charge in [0.05, 0.1) is 11.3 Å². The molecular weight excluding hydrogens is 232 g/mol. The summed E-state index contributed by atoms with van der Waals surface area (Å²) in [6.45, 7) is 0.620. The van der Waals surface area contributed by atoms with Crippen LogP contribution in [0.1, 0.15) is 23.2 Å². The minimum absolute atomic E-state index is 0.191. The van der Waals surface area contributed by atoms with Crippen LogP contribution >= 0.6 is 0 Å². The van der Waals surface area contributed by atoms with Crippen LogP contribution in [0.2, 0.25) is 0 Å². The fraction of sp³-hybridized carbons (Fsp3) is 0.385. The van der Waals surface area contributed by atoms with Gasteiger partial charge in [-0.3, -0.25) is 9.59 Å². The van der Waals surface area contributed by atoms with Crippen molar-refractivity contribution in [2.45, 2.75) is 18.9 Å². The first-order chi connectivity index (χ1) is 8.72. The van der Waals surface area contributed by atoms with Gasteiger partial charge in [-0.15, -0.1) is 0 Å². The molecule has 0 spiro atoms. The molecule has 2 amide bonds. The van der Waals surface area contributed by atoms with Crippen molar-refractivity contribution in [1.82, 2.24) is 5.32 Å². The average Bonchev–Trinajstić information content (AvgIpc) is 2.92. The number of carbonyl (C=O) groups excluding carboxylic acids is 2. The third-order valence-electron chi connectivity index (χ3n) is 2.88. The van der Waals surface area contributed by atoms with Crippen molar-refractivity contribution in [2.24, 2.45) is 0 Å². The first-order valence-electron chi connectivity index (χ1n) is 5.96. The van der Waals surface area contributed by atoms with Crippen LogP contribution in [-0.4, -0.2) is 31.6 Å². The van der Waals surface area contributed by atoms with Crippen LogP contribution < -0.4 is 10.6 Å². The lowest BCUT2D eigenvalue weighted by Crippen LogP contribution is -2.28. The van der Waals surface area contributed by atoms with Gasteiger partial charge in [-0.25, -0.2) is 0 Å². The Kier molecular flexibility index (Phi) is 3.94. The Hall–Kier alpha value is -1.88. The Balaban J connectivity index is 2.13. The summed E-state index contributed by atoms with van der Waals surface area (Å²) < 4.78 is 5.30. The minimum atomic E-state index is -0.400. The fourth-order valence-corrected chi connectivity index (χ4v) is 1.92. The molecule has 0 radical (unpaired) electrons. The number of anilines is 1. The van der Waals surface area contributed by atoms with E-state index in [1.54, 1.807) is 31.3 Å². The average molecular weight is 248 g/mol. The largest absolute Gasteiger partial charge is 0.368 e. The zero-order valence-electron chi connectivity index (χ0n) is 10.2. The molecule has 1 heterocycles. The number of amides is 2. The predicted octanol–water partition coefficient (Wildman–Crippen LogP) is 1.16. The summed E-state index contributed by atoms with van der Waals surface area (Å²) in [7, 11) is 1.56. The van der Waals surface area contributed by atoms with Gasteiger partial charge >= 0.3 is 0 Å². The van der Waals surface area contributed by atoms with Gasteiger partial charge in [-0.05, 0) is 25.0 Å². The highest BCUT2D eigenvalue weighted by atomic mass is 16.5. The van der Waals surface area contributed by atoms with E-state index in [0.29, 0.717) is 17.9 Å². The van der Waals surface area contributed by atoms with Crippen molar-refractivity contribution in [3.63, 3.8) is 0 Å². The minimum Gasteiger partial charge on any atom is -0.368 e. The molecule has 1 aromatic carbocycles. The van der Waals surface area contributed by atoms with Gasteiger partial charge in [0, 0.05) is 13.7 Å². The quantitative estimate of drug-likeness (QED) is 0.843. The maximum Gasteiger partial charge on any atom is 0.253 e. The van der Waals surface area contributed by atoms with Crippen molar-refractivity contribution >= 4 is 17.5 Å². The van der Waals surface area contributed by atoms with Crippen LogP contribution in [0.5, 0.6) is 0 Å². The maximum absolute atomic E-state index is 11.9. The molecule has 0 saturated carbocycles. The molecule has 18 heavy (non-hydrogen) atoms. The van der Waals surface area contributed by atoms with E-state index in [2.05, 4.69) is 10.6 Å². The second-order valence-corrected chi connectivity index (χ2v) is 4.12. The molecule has 0 aliphatic carbocycles. The summed E-state index contributed by atoms with van der Waals surface area (Å²) in [5.74, 6) is -0.415. The van der Waals surface area contributed by atoms with Crippen molar-refractivity contribution in [3.8, 4) is 0 Å². The summed E-state index contributed by atoms with van der Waals surface area (Å²) in [6, 6.07) is 6.91. The first kappa shape index (κ1) is 12.6. The molecule has 0 bridgehead atoms. The highest BCUT2D eigenvalue weighted by Crippen LogP contribution is 2.18. The van der Waals surface area contributed by atoms with Crippen molar-refractivity contribution in [1.29, 1.82) is 0 Å². The molecule has 2 rings (SSSR count). The first-order valence-corrected chi connectivity index (χ1v) is 5.96. The molecule has 96 valence electrons. The van der Waals surface area contributed by atoms with Crippen LogP contribution in [0.4, 0.5) is 5.69 Å². The molecule has 1 aliphatic rings. The van der Waals surface area contributed by atoms with Gasteiger partial charge in [0.15, 0.2) is 0 Å². The summed E-state index contributed by atoms with van der Waals surface area (Å²) in [6.07, 6.45) is 1.23. The Labute approximate surface area is 106 Å². The lowest BCUT2D eigenvalue weighted by molar-refractivity contribution is -0.124. The van der Waals surface area contributed by atoms with Crippen LogP contribution in [0, 0.1) is 0 Å². The molecule has 1 fully saturated rings. The third kappa shape index (κ3) is 2.68. The lowest BCUT2D eigenvalue weighted by atomic mass is 10.1. The molecule has 2 N–H and O–H groups in total. The van der Waals surface area contributed by atoms with Gasteiger partial charge < -0.3 is 15.4 Å². The normalized spacial score (nSPS) is 18.4. The smallest absolute Gasteiger partial charge is 0.253 e. The SMILES string of the molecule is CNC(=O)c1ccccc1NC(=O)C1CCCO1. The van der Waals surface area contributed by atoms with Crippen molar-refractivity contribution < 1.29 is 14.3 Å². The molecule has 1 aromatic rings. The number of nitrogens with one attached hydrogen (secondary N) is 2.